The zero-order valence-corrected chi connectivity index (χ0v) is 20.5. The summed E-state index contributed by atoms with van der Waals surface area (Å²) >= 11 is 0. The van der Waals surface area contributed by atoms with E-state index >= 15 is 0 Å². The Morgan fingerprint density at radius 2 is 1.49 bits per heavy atom. The van der Waals surface area contributed by atoms with Gasteiger partial charge < -0.3 is 10.1 Å². The first kappa shape index (κ1) is 26.0. The molecule has 0 fully saturated rings. The van der Waals surface area contributed by atoms with Gasteiger partial charge in [0, 0.05) is 18.7 Å². The number of hydrogen-bond acceptors (Lipinski definition) is 5. The predicted molar refractivity (Wildman–Crippen MR) is 137 cm³/mol. The molecule has 1 N–H and O–H groups in total. The Bertz CT molecular complexity index is 1200. The Kier molecular flexibility index (Phi) is 9.43. The Morgan fingerprint density at radius 1 is 0.857 bits per heavy atom. The first-order chi connectivity index (χ1) is 16.9. The molecule has 0 saturated heterocycles. The van der Waals surface area contributed by atoms with Gasteiger partial charge in [0.2, 0.25) is 5.91 Å². The molecule has 3 aromatic carbocycles. The van der Waals surface area contributed by atoms with Gasteiger partial charge in [-0.1, -0.05) is 48.5 Å². The molecule has 7 nitrogen and oxygen atoms in total. The summed E-state index contributed by atoms with van der Waals surface area (Å²) in [6.45, 7) is 2.36. The molecule has 0 atom stereocenters. The van der Waals surface area contributed by atoms with Crippen molar-refractivity contribution in [3.8, 4) is 0 Å². The fraction of sp³-hybridized carbons (Fsp3) is 0.259. The van der Waals surface area contributed by atoms with Crippen molar-refractivity contribution < 1.29 is 22.7 Å². The lowest BCUT2D eigenvalue weighted by atomic mass is 10.1. The number of amides is 1. The zero-order chi connectivity index (χ0) is 25.1. The molecule has 0 heterocycles. The predicted octanol–water partition coefficient (Wildman–Crippen LogP) is 4.80. The van der Waals surface area contributed by atoms with Gasteiger partial charge in [-0.2, -0.15) is 0 Å². The summed E-state index contributed by atoms with van der Waals surface area (Å²) < 4.78 is 32.6. The normalized spacial score (nSPS) is 11.0. The third-order valence-corrected chi connectivity index (χ3v) is 7.25. The van der Waals surface area contributed by atoms with Crippen LogP contribution >= 0.6 is 0 Å². The number of esters is 1. The van der Waals surface area contributed by atoms with Crippen molar-refractivity contribution in [3.05, 3.63) is 90.5 Å². The smallest absolute Gasteiger partial charge is 0.306 e. The van der Waals surface area contributed by atoms with Crippen molar-refractivity contribution in [2.75, 3.05) is 22.8 Å². The number of hydrogen-bond donors (Lipinski definition) is 1. The van der Waals surface area contributed by atoms with Gasteiger partial charge in [0.1, 0.15) is 0 Å². The van der Waals surface area contributed by atoms with E-state index in [9.17, 15) is 18.0 Å². The second kappa shape index (κ2) is 12.7. The molecule has 0 aliphatic rings. The first-order valence-corrected chi connectivity index (χ1v) is 13.0. The molecule has 0 bridgehead atoms. The van der Waals surface area contributed by atoms with Crippen LogP contribution in [0, 0.1) is 0 Å². The van der Waals surface area contributed by atoms with Crippen LogP contribution in [0.4, 0.5) is 11.4 Å². The van der Waals surface area contributed by atoms with Crippen molar-refractivity contribution in [2.45, 2.75) is 37.5 Å². The highest BCUT2D eigenvalue weighted by molar-refractivity contribution is 7.92. The van der Waals surface area contributed by atoms with Crippen molar-refractivity contribution in [1.82, 2.24) is 0 Å². The van der Waals surface area contributed by atoms with Gasteiger partial charge in [0.15, 0.2) is 0 Å². The summed E-state index contributed by atoms with van der Waals surface area (Å²) in [6.07, 6.45) is 1.50. The molecule has 0 spiro atoms. The van der Waals surface area contributed by atoms with Crippen LogP contribution in [0.3, 0.4) is 0 Å². The second-order valence-corrected chi connectivity index (χ2v) is 9.75. The Balaban J connectivity index is 1.45. The molecule has 0 unspecified atom stereocenters. The monoisotopic (exact) mass is 494 g/mol. The van der Waals surface area contributed by atoms with Gasteiger partial charge in [-0.05, 0) is 61.7 Å². The molecule has 0 aliphatic heterocycles. The second-order valence-electron chi connectivity index (χ2n) is 7.89. The molecule has 1 amide bonds. The number of ether oxygens (including phenoxy) is 1. The number of carbonyl (C=O) groups is 2. The third kappa shape index (κ3) is 7.68. The highest BCUT2D eigenvalue weighted by atomic mass is 32.2. The number of aryl methyl sites for hydroxylation is 1. The Labute approximate surface area is 206 Å². The number of nitrogens with one attached hydrogen (secondary N) is 1. The van der Waals surface area contributed by atoms with Crippen molar-refractivity contribution in [3.63, 3.8) is 0 Å². The van der Waals surface area contributed by atoms with E-state index in [-0.39, 0.29) is 30.2 Å². The number of sulfonamides is 1. The van der Waals surface area contributed by atoms with E-state index in [2.05, 4.69) is 5.32 Å². The standard InChI is InChI=1S/C27H30N2O5S/c1-2-29(24-13-7-4-8-14-24)35(32,33)25-17-15-23(16-18-25)28-26(30)19-20-27(31)34-21-9-12-22-10-5-3-6-11-22/h3-8,10-11,13-18H,2,9,12,19-21H2,1H3,(H,28,30). The van der Waals surface area contributed by atoms with Crippen LogP contribution in [-0.2, 0) is 30.8 Å². The van der Waals surface area contributed by atoms with Crippen LogP contribution in [0.25, 0.3) is 0 Å². The molecule has 3 rings (SSSR count). The maximum atomic E-state index is 13.1. The fourth-order valence-electron chi connectivity index (χ4n) is 3.54. The topological polar surface area (TPSA) is 92.8 Å². The summed E-state index contributed by atoms with van der Waals surface area (Å²) in [5.41, 5.74) is 2.22. The van der Waals surface area contributed by atoms with Gasteiger partial charge in [-0.15, -0.1) is 0 Å². The van der Waals surface area contributed by atoms with E-state index in [0.717, 1.165) is 12.8 Å². The number of benzene rings is 3. The van der Waals surface area contributed by atoms with Crippen LogP contribution in [0.5, 0.6) is 0 Å². The van der Waals surface area contributed by atoms with Gasteiger partial charge in [0.25, 0.3) is 10.0 Å². The lowest BCUT2D eigenvalue weighted by Gasteiger charge is -2.23. The minimum atomic E-state index is -3.74. The average Bonchev–Trinajstić information content (AvgIpc) is 2.87. The van der Waals surface area contributed by atoms with E-state index in [4.69, 9.17) is 4.74 Å². The molecule has 3 aromatic rings. The van der Waals surface area contributed by atoms with Gasteiger partial charge in [0.05, 0.1) is 23.6 Å². The SMILES string of the molecule is CCN(c1ccccc1)S(=O)(=O)c1ccc(NC(=O)CCC(=O)OCCCc2ccccc2)cc1. The van der Waals surface area contributed by atoms with E-state index in [1.54, 1.807) is 31.2 Å². The number of rotatable bonds is 12. The quantitative estimate of drug-likeness (QED) is 0.289. The van der Waals surface area contributed by atoms with Gasteiger partial charge in [-0.25, -0.2) is 8.42 Å². The molecule has 0 aliphatic carbocycles. The molecule has 35 heavy (non-hydrogen) atoms. The van der Waals surface area contributed by atoms with Gasteiger partial charge >= 0.3 is 5.97 Å². The Hall–Kier alpha value is -3.65. The molecular weight excluding hydrogens is 464 g/mol. The lowest BCUT2D eigenvalue weighted by Crippen LogP contribution is -2.30. The largest absolute Gasteiger partial charge is 0.466 e. The van der Waals surface area contributed by atoms with Crippen molar-refractivity contribution >= 4 is 33.3 Å². The molecule has 0 radical (unpaired) electrons. The number of carbonyl (C=O) groups excluding carboxylic acids is 2. The maximum Gasteiger partial charge on any atom is 0.306 e. The van der Waals surface area contributed by atoms with Crippen LogP contribution in [0.1, 0.15) is 31.7 Å². The summed E-state index contributed by atoms with van der Waals surface area (Å²) in [5.74, 6) is -0.767. The number of anilines is 2. The van der Waals surface area contributed by atoms with Crippen LogP contribution in [-0.4, -0.2) is 33.4 Å². The van der Waals surface area contributed by atoms with E-state index < -0.39 is 16.0 Å². The Morgan fingerprint density at radius 3 is 2.11 bits per heavy atom. The molecule has 0 aromatic heterocycles. The molecule has 8 heteroatoms. The molecule has 0 saturated carbocycles. The average molecular weight is 495 g/mol. The highest BCUT2D eigenvalue weighted by Crippen LogP contribution is 2.24. The third-order valence-electron chi connectivity index (χ3n) is 5.33. The summed E-state index contributed by atoms with van der Waals surface area (Å²) in [4.78, 5) is 24.2. The summed E-state index contributed by atoms with van der Waals surface area (Å²) in [5, 5.41) is 2.68. The van der Waals surface area contributed by atoms with Crippen LogP contribution in [0.2, 0.25) is 0 Å². The first-order valence-electron chi connectivity index (χ1n) is 11.6. The van der Waals surface area contributed by atoms with E-state index in [1.165, 1.54) is 34.1 Å². The number of para-hydroxylation sites is 1. The fourth-order valence-corrected chi connectivity index (χ4v) is 5.01. The van der Waals surface area contributed by atoms with Gasteiger partial charge in [-0.3, -0.25) is 13.9 Å². The van der Waals surface area contributed by atoms with Crippen molar-refractivity contribution in [1.29, 1.82) is 0 Å². The minimum absolute atomic E-state index is 0.0187. The minimum Gasteiger partial charge on any atom is -0.466 e. The van der Waals surface area contributed by atoms with E-state index in [0.29, 0.717) is 18.0 Å². The zero-order valence-electron chi connectivity index (χ0n) is 19.7. The van der Waals surface area contributed by atoms with Crippen LogP contribution in [0.15, 0.2) is 89.8 Å². The molecular formula is C27H30N2O5S. The van der Waals surface area contributed by atoms with Crippen molar-refractivity contribution in [2.24, 2.45) is 0 Å². The maximum absolute atomic E-state index is 13.1. The highest BCUT2D eigenvalue weighted by Gasteiger charge is 2.23. The number of nitrogens with zero attached hydrogens (tertiary/aromatic N) is 1. The van der Waals surface area contributed by atoms with E-state index in [1.807, 2.05) is 36.4 Å². The summed E-state index contributed by atoms with van der Waals surface area (Å²) in [6, 6.07) is 24.8. The van der Waals surface area contributed by atoms with Crippen LogP contribution < -0.4 is 9.62 Å². The lowest BCUT2D eigenvalue weighted by molar-refractivity contribution is -0.144. The summed E-state index contributed by atoms with van der Waals surface area (Å²) in [7, 11) is -3.74. The molecule has 184 valence electrons.